The van der Waals surface area contributed by atoms with Crippen molar-refractivity contribution < 1.29 is 4.79 Å². The summed E-state index contributed by atoms with van der Waals surface area (Å²) in [7, 11) is 3.96. The van der Waals surface area contributed by atoms with Crippen LogP contribution in [0.4, 0.5) is 0 Å². The topological polar surface area (TPSA) is 49.6 Å². The van der Waals surface area contributed by atoms with Gasteiger partial charge in [0.2, 0.25) is 5.91 Å². The molecule has 104 valence electrons. The molecule has 2 N–H and O–H groups in total. The van der Waals surface area contributed by atoms with Gasteiger partial charge in [-0.3, -0.25) is 4.79 Å². The molecule has 0 radical (unpaired) electrons. The van der Waals surface area contributed by atoms with E-state index in [9.17, 15) is 4.79 Å². The lowest BCUT2D eigenvalue weighted by molar-refractivity contribution is -0.132. The SMILES string of the molecule is CN(CC1CCCN1C)C(=O)[C@@H](N)c1ccccc1. The van der Waals surface area contributed by atoms with Gasteiger partial charge in [0.15, 0.2) is 0 Å². The number of benzene rings is 1. The van der Waals surface area contributed by atoms with Gasteiger partial charge in [0.25, 0.3) is 0 Å². The average Bonchev–Trinajstić information content (AvgIpc) is 2.83. The number of amides is 1. The summed E-state index contributed by atoms with van der Waals surface area (Å²) in [5.74, 6) is -0.00787. The van der Waals surface area contributed by atoms with Crippen LogP contribution in [0.2, 0.25) is 0 Å². The summed E-state index contributed by atoms with van der Waals surface area (Å²) < 4.78 is 0. The van der Waals surface area contributed by atoms with Gasteiger partial charge in [0, 0.05) is 19.6 Å². The van der Waals surface area contributed by atoms with Gasteiger partial charge in [-0.2, -0.15) is 0 Å². The molecule has 4 nitrogen and oxygen atoms in total. The van der Waals surface area contributed by atoms with E-state index in [-0.39, 0.29) is 5.91 Å². The number of likely N-dealkylation sites (N-methyl/N-ethyl adjacent to an activating group) is 2. The van der Waals surface area contributed by atoms with Gasteiger partial charge in [0.1, 0.15) is 6.04 Å². The summed E-state index contributed by atoms with van der Waals surface area (Å²) in [6, 6.07) is 9.46. The highest BCUT2D eigenvalue weighted by Gasteiger charge is 2.26. The second-order valence-corrected chi connectivity index (χ2v) is 5.38. The standard InChI is InChI=1S/C15H23N3O/c1-17-10-6-9-13(17)11-18(2)15(19)14(16)12-7-4-3-5-8-12/h3-5,7-8,13-14H,6,9-11,16H2,1-2H3/t13?,14-/m0/s1. The van der Waals surface area contributed by atoms with E-state index in [1.165, 1.54) is 6.42 Å². The molecule has 0 saturated carbocycles. The predicted molar refractivity (Wildman–Crippen MR) is 76.7 cm³/mol. The predicted octanol–water partition coefficient (Wildman–Crippen LogP) is 1.24. The van der Waals surface area contributed by atoms with Crippen LogP contribution in [0.15, 0.2) is 30.3 Å². The molecule has 19 heavy (non-hydrogen) atoms. The molecular weight excluding hydrogens is 238 g/mol. The van der Waals surface area contributed by atoms with E-state index in [0.29, 0.717) is 6.04 Å². The minimum Gasteiger partial charge on any atom is -0.343 e. The van der Waals surface area contributed by atoms with E-state index in [0.717, 1.165) is 25.1 Å². The zero-order valence-electron chi connectivity index (χ0n) is 11.7. The Hall–Kier alpha value is -1.39. The van der Waals surface area contributed by atoms with Gasteiger partial charge in [0.05, 0.1) is 0 Å². The first-order valence-corrected chi connectivity index (χ1v) is 6.85. The Morgan fingerprint density at radius 1 is 1.47 bits per heavy atom. The number of carbonyl (C=O) groups excluding carboxylic acids is 1. The molecule has 1 saturated heterocycles. The largest absolute Gasteiger partial charge is 0.343 e. The lowest BCUT2D eigenvalue weighted by Crippen LogP contribution is -2.43. The van der Waals surface area contributed by atoms with E-state index >= 15 is 0 Å². The molecule has 1 aromatic carbocycles. The number of likely N-dealkylation sites (tertiary alicyclic amines) is 1. The molecule has 1 aliphatic rings. The molecule has 1 aromatic rings. The molecule has 1 heterocycles. The van der Waals surface area contributed by atoms with E-state index in [1.807, 2.05) is 37.4 Å². The van der Waals surface area contributed by atoms with Crippen molar-refractivity contribution in [3.63, 3.8) is 0 Å². The van der Waals surface area contributed by atoms with Crippen molar-refractivity contribution in [2.45, 2.75) is 24.9 Å². The van der Waals surface area contributed by atoms with Crippen LogP contribution in [-0.4, -0.2) is 48.9 Å². The monoisotopic (exact) mass is 261 g/mol. The maximum absolute atomic E-state index is 12.3. The van der Waals surface area contributed by atoms with Crippen LogP contribution in [0, 0.1) is 0 Å². The summed E-state index contributed by atoms with van der Waals surface area (Å²) in [4.78, 5) is 16.4. The fraction of sp³-hybridized carbons (Fsp3) is 0.533. The molecule has 0 aromatic heterocycles. The zero-order valence-corrected chi connectivity index (χ0v) is 11.7. The lowest BCUT2D eigenvalue weighted by atomic mass is 10.1. The number of hydrogen-bond acceptors (Lipinski definition) is 3. The number of nitrogens with two attached hydrogens (primary N) is 1. The van der Waals surface area contributed by atoms with Gasteiger partial charge in [-0.25, -0.2) is 0 Å². The summed E-state index contributed by atoms with van der Waals surface area (Å²) >= 11 is 0. The van der Waals surface area contributed by atoms with Gasteiger partial charge < -0.3 is 15.5 Å². The van der Waals surface area contributed by atoms with Gasteiger partial charge in [-0.1, -0.05) is 30.3 Å². The summed E-state index contributed by atoms with van der Waals surface area (Å²) in [5, 5.41) is 0. The van der Waals surface area contributed by atoms with Crippen molar-refractivity contribution in [3.05, 3.63) is 35.9 Å². The molecule has 4 heteroatoms. The highest BCUT2D eigenvalue weighted by molar-refractivity contribution is 5.82. The van der Waals surface area contributed by atoms with E-state index in [1.54, 1.807) is 4.90 Å². The first kappa shape index (κ1) is 14.0. The molecule has 2 rings (SSSR count). The maximum Gasteiger partial charge on any atom is 0.243 e. The quantitative estimate of drug-likeness (QED) is 0.887. The highest BCUT2D eigenvalue weighted by atomic mass is 16.2. The number of rotatable bonds is 4. The summed E-state index contributed by atoms with van der Waals surface area (Å²) in [5.41, 5.74) is 6.92. The van der Waals surface area contributed by atoms with Crippen molar-refractivity contribution in [1.29, 1.82) is 0 Å². The van der Waals surface area contributed by atoms with Crippen molar-refractivity contribution in [3.8, 4) is 0 Å². The van der Waals surface area contributed by atoms with Gasteiger partial charge in [-0.15, -0.1) is 0 Å². The summed E-state index contributed by atoms with van der Waals surface area (Å²) in [6.45, 7) is 1.88. The Morgan fingerprint density at radius 3 is 2.74 bits per heavy atom. The van der Waals surface area contributed by atoms with Crippen LogP contribution in [0.5, 0.6) is 0 Å². The van der Waals surface area contributed by atoms with Crippen molar-refractivity contribution in [2.24, 2.45) is 5.73 Å². The van der Waals surface area contributed by atoms with E-state index < -0.39 is 6.04 Å². The van der Waals surface area contributed by atoms with Crippen molar-refractivity contribution in [1.82, 2.24) is 9.80 Å². The molecule has 1 amide bonds. The molecular formula is C15H23N3O. The molecule has 0 aliphatic carbocycles. The first-order chi connectivity index (χ1) is 9.09. The molecule has 1 unspecified atom stereocenters. The number of hydrogen-bond donors (Lipinski definition) is 1. The third-order valence-corrected chi connectivity index (χ3v) is 3.96. The number of nitrogens with zero attached hydrogens (tertiary/aromatic N) is 2. The maximum atomic E-state index is 12.3. The van der Waals surface area contributed by atoms with E-state index in [4.69, 9.17) is 5.73 Å². The summed E-state index contributed by atoms with van der Waals surface area (Å²) in [6.07, 6.45) is 2.38. The van der Waals surface area contributed by atoms with Crippen LogP contribution in [0.3, 0.4) is 0 Å². The second kappa shape index (κ2) is 6.17. The molecule has 0 spiro atoms. The first-order valence-electron chi connectivity index (χ1n) is 6.85. The minimum absolute atomic E-state index is 0.00787. The molecule has 1 aliphatic heterocycles. The third-order valence-electron chi connectivity index (χ3n) is 3.96. The Bertz CT molecular complexity index is 421. The van der Waals surface area contributed by atoms with Crippen molar-refractivity contribution in [2.75, 3.05) is 27.2 Å². The van der Waals surface area contributed by atoms with Crippen LogP contribution < -0.4 is 5.73 Å². The second-order valence-electron chi connectivity index (χ2n) is 5.38. The molecule has 2 atom stereocenters. The molecule has 0 bridgehead atoms. The lowest BCUT2D eigenvalue weighted by Gasteiger charge is -2.27. The minimum atomic E-state index is -0.557. The fourth-order valence-corrected chi connectivity index (χ4v) is 2.66. The van der Waals surface area contributed by atoms with Crippen LogP contribution in [0.1, 0.15) is 24.4 Å². The van der Waals surface area contributed by atoms with Crippen LogP contribution in [-0.2, 0) is 4.79 Å². The highest BCUT2D eigenvalue weighted by Crippen LogP contribution is 2.17. The smallest absolute Gasteiger partial charge is 0.243 e. The third kappa shape index (κ3) is 3.33. The van der Waals surface area contributed by atoms with E-state index in [2.05, 4.69) is 11.9 Å². The Kier molecular flexibility index (Phi) is 4.56. The van der Waals surface area contributed by atoms with Crippen LogP contribution in [0.25, 0.3) is 0 Å². The Balaban J connectivity index is 1.95. The van der Waals surface area contributed by atoms with Crippen molar-refractivity contribution >= 4 is 5.91 Å². The number of carbonyl (C=O) groups is 1. The van der Waals surface area contributed by atoms with Crippen LogP contribution >= 0.6 is 0 Å². The fourth-order valence-electron chi connectivity index (χ4n) is 2.66. The molecule has 1 fully saturated rings. The van der Waals surface area contributed by atoms with Gasteiger partial charge >= 0.3 is 0 Å². The normalized spacial score (nSPS) is 21.3. The Labute approximate surface area is 115 Å². The average molecular weight is 261 g/mol. The van der Waals surface area contributed by atoms with Gasteiger partial charge in [-0.05, 0) is 32.0 Å². The zero-order chi connectivity index (χ0) is 13.8. The Morgan fingerprint density at radius 2 is 2.16 bits per heavy atom.